The summed E-state index contributed by atoms with van der Waals surface area (Å²) >= 11 is 0. The van der Waals surface area contributed by atoms with Crippen LogP contribution in [-0.4, -0.2) is 66.5 Å². The fourth-order valence-electron chi connectivity index (χ4n) is 4.38. The molecule has 0 saturated heterocycles. The van der Waals surface area contributed by atoms with Crippen molar-refractivity contribution in [2.75, 3.05) is 26.5 Å². The SMILES string of the molecule is COc1cc2ncn(-c3ccc(C(F)F)c(-n4nc(C(F)F)c(C(=O)N(C)C)c4C)n3)c2cc1Nc1ccc(C)nn1. The van der Waals surface area contributed by atoms with Crippen LogP contribution in [-0.2, 0) is 0 Å². The minimum Gasteiger partial charge on any atom is -0.494 e. The van der Waals surface area contributed by atoms with Gasteiger partial charge >= 0.3 is 0 Å². The van der Waals surface area contributed by atoms with Crippen LogP contribution in [0.4, 0.5) is 29.1 Å². The van der Waals surface area contributed by atoms with Crippen molar-refractivity contribution in [2.45, 2.75) is 26.7 Å². The summed E-state index contributed by atoms with van der Waals surface area (Å²) in [6.07, 6.45) is -4.70. The topological polar surface area (TPSA) is 116 Å². The van der Waals surface area contributed by atoms with Gasteiger partial charge in [0, 0.05) is 20.2 Å². The van der Waals surface area contributed by atoms with Gasteiger partial charge in [0.2, 0.25) is 0 Å². The van der Waals surface area contributed by atoms with Crippen molar-refractivity contribution in [2.24, 2.45) is 0 Å². The van der Waals surface area contributed by atoms with Crippen LogP contribution in [0.3, 0.4) is 0 Å². The molecule has 0 atom stereocenters. The number of rotatable bonds is 8. The monoisotopic (exact) mass is 583 g/mol. The van der Waals surface area contributed by atoms with Gasteiger partial charge in [-0.2, -0.15) is 10.2 Å². The third-order valence-electron chi connectivity index (χ3n) is 6.47. The number of fused-ring (bicyclic) bond motifs is 1. The number of anilines is 2. The van der Waals surface area contributed by atoms with Crippen molar-refractivity contribution in [3.63, 3.8) is 0 Å². The highest BCUT2D eigenvalue weighted by Gasteiger charge is 2.30. The summed E-state index contributed by atoms with van der Waals surface area (Å²) in [5.41, 5.74) is 0.471. The van der Waals surface area contributed by atoms with Gasteiger partial charge in [-0.3, -0.25) is 9.36 Å². The fraction of sp³-hybridized carbons (Fsp3) is 0.259. The largest absolute Gasteiger partial charge is 0.494 e. The average molecular weight is 584 g/mol. The van der Waals surface area contributed by atoms with Gasteiger partial charge in [-0.25, -0.2) is 32.2 Å². The molecule has 0 bridgehead atoms. The lowest BCUT2D eigenvalue weighted by atomic mass is 10.1. The van der Waals surface area contributed by atoms with E-state index in [2.05, 4.69) is 30.6 Å². The van der Waals surface area contributed by atoms with Crippen LogP contribution < -0.4 is 10.1 Å². The van der Waals surface area contributed by atoms with Crippen LogP contribution in [0.25, 0.3) is 22.7 Å². The molecule has 1 N–H and O–H groups in total. The number of alkyl halides is 4. The molecule has 4 aromatic heterocycles. The molecule has 0 spiro atoms. The van der Waals surface area contributed by atoms with E-state index < -0.39 is 35.8 Å². The maximum absolute atomic E-state index is 14.1. The Morgan fingerprint density at radius 3 is 2.40 bits per heavy atom. The van der Waals surface area contributed by atoms with Gasteiger partial charge < -0.3 is 15.0 Å². The highest BCUT2D eigenvalue weighted by molar-refractivity contribution is 5.96. The summed E-state index contributed by atoms with van der Waals surface area (Å²) in [5.74, 6) is -0.0724. The lowest BCUT2D eigenvalue weighted by Crippen LogP contribution is -2.23. The molecule has 4 heterocycles. The Balaban J connectivity index is 1.67. The summed E-state index contributed by atoms with van der Waals surface area (Å²) in [7, 11) is 4.29. The molecule has 0 unspecified atom stereocenters. The number of methoxy groups -OCH3 is 1. The predicted octanol–water partition coefficient (Wildman–Crippen LogP) is 5.34. The van der Waals surface area contributed by atoms with Gasteiger partial charge in [0.15, 0.2) is 11.6 Å². The Hall–Kier alpha value is -5.08. The number of aromatic nitrogens is 7. The first-order chi connectivity index (χ1) is 20.0. The van der Waals surface area contributed by atoms with Crippen molar-refractivity contribution < 1.29 is 27.1 Å². The highest BCUT2D eigenvalue weighted by atomic mass is 19.3. The summed E-state index contributed by atoms with van der Waals surface area (Å²) in [4.78, 5) is 22.6. The lowest BCUT2D eigenvalue weighted by molar-refractivity contribution is 0.0813. The van der Waals surface area contributed by atoms with Crippen LogP contribution in [0.2, 0.25) is 0 Å². The molecular formula is C27H25F4N9O2. The first-order valence-corrected chi connectivity index (χ1v) is 12.5. The second-order valence-corrected chi connectivity index (χ2v) is 9.48. The van der Waals surface area contributed by atoms with Gasteiger partial charge in [-0.15, -0.1) is 5.10 Å². The molecule has 218 valence electrons. The van der Waals surface area contributed by atoms with E-state index in [0.29, 0.717) is 28.3 Å². The third-order valence-corrected chi connectivity index (χ3v) is 6.47. The van der Waals surface area contributed by atoms with Crippen molar-refractivity contribution in [3.8, 4) is 17.4 Å². The number of amides is 1. The number of nitrogens with one attached hydrogen (secondary N) is 1. The van der Waals surface area contributed by atoms with Crippen molar-refractivity contribution in [3.05, 3.63) is 70.9 Å². The lowest BCUT2D eigenvalue weighted by Gasteiger charge is -2.14. The Kier molecular flexibility index (Phi) is 7.49. The number of nitrogens with zero attached hydrogens (tertiary/aromatic N) is 8. The molecule has 42 heavy (non-hydrogen) atoms. The summed E-state index contributed by atoms with van der Waals surface area (Å²) in [6, 6.07) is 9.41. The van der Waals surface area contributed by atoms with E-state index in [-0.39, 0.29) is 17.1 Å². The number of hydrogen-bond donors (Lipinski definition) is 1. The zero-order valence-corrected chi connectivity index (χ0v) is 23.1. The van der Waals surface area contributed by atoms with E-state index in [9.17, 15) is 22.4 Å². The number of hydrogen-bond acceptors (Lipinski definition) is 8. The van der Waals surface area contributed by atoms with E-state index in [0.717, 1.165) is 21.3 Å². The number of carbonyl (C=O) groups excluding carboxylic acids is 1. The summed E-state index contributed by atoms with van der Waals surface area (Å²) < 4.78 is 64.0. The van der Waals surface area contributed by atoms with E-state index >= 15 is 0 Å². The number of halogens is 4. The van der Waals surface area contributed by atoms with Crippen LogP contribution in [0.5, 0.6) is 5.75 Å². The molecule has 0 aliphatic carbocycles. The maximum Gasteiger partial charge on any atom is 0.282 e. The van der Waals surface area contributed by atoms with Crippen LogP contribution in [0.1, 0.15) is 45.9 Å². The molecular weight excluding hydrogens is 558 g/mol. The van der Waals surface area contributed by atoms with Crippen LogP contribution >= 0.6 is 0 Å². The Morgan fingerprint density at radius 1 is 1.02 bits per heavy atom. The molecule has 5 aromatic rings. The van der Waals surface area contributed by atoms with Gasteiger partial charge in [-0.05, 0) is 44.2 Å². The molecule has 0 radical (unpaired) electrons. The van der Waals surface area contributed by atoms with Crippen molar-refractivity contribution in [1.29, 1.82) is 0 Å². The first-order valence-electron chi connectivity index (χ1n) is 12.5. The third kappa shape index (κ3) is 5.08. The van der Waals surface area contributed by atoms with E-state index in [4.69, 9.17) is 4.74 Å². The van der Waals surface area contributed by atoms with Crippen molar-refractivity contribution >= 4 is 28.4 Å². The molecule has 0 aliphatic heterocycles. The van der Waals surface area contributed by atoms with Gasteiger partial charge in [0.05, 0.1) is 46.3 Å². The average Bonchev–Trinajstić information content (AvgIpc) is 3.53. The van der Waals surface area contributed by atoms with Gasteiger partial charge in [0.25, 0.3) is 18.8 Å². The summed E-state index contributed by atoms with van der Waals surface area (Å²) in [6.45, 7) is 3.16. The maximum atomic E-state index is 14.1. The Bertz CT molecular complexity index is 1780. The molecule has 1 aromatic carbocycles. The molecule has 0 aliphatic rings. The molecule has 15 heteroatoms. The zero-order valence-electron chi connectivity index (χ0n) is 23.1. The number of aryl methyl sites for hydroxylation is 1. The standard InChI is InChI=1S/C27H25F4N9O2/c1-13-6-8-20(36-35-13)33-17-10-18-16(11-19(17)42-5)32-12-39(18)21-9-7-15(24(28)29)26(34-21)40-14(2)22(27(41)38(3)4)23(37-40)25(30)31/h6-12,24-25H,1-5H3,(H,33,36). The van der Waals surface area contributed by atoms with E-state index in [1.54, 1.807) is 24.3 Å². The fourth-order valence-corrected chi connectivity index (χ4v) is 4.38. The molecule has 0 fully saturated rings. The second-order valence-electron chi connectivity index (χ2n) is 9.48. The number of benzene rings is 1. The number of carbonyl (C=O) groups is 1. The second kappa shape index (κ2) is 11.1. The molecule has 0 saturated carbocycles. The minimum atomic E-state index is -3.13. The van der Waals surface area contributed by atoms with E-state index in [1.807, 2.05) is 6.92 Å². The molecule has 11 nitrogen and oxygen atoms in total. The Morgan fingerprint density at radius 2 is 1.79 bits per heavy atom. The quantitative estimate of drug-likeness (QED) is 0.244. The van der Waals surface area contributed by atoms with Crippen LogP contribution in [0, 0.1) is 13.8 Å². The zero-order chi connectivity index (χ0) is 30.3. The van der Waals surface area contributed by atoms with Crippen LogP contribution in [0.15, 0.2) is 42.7 Å². The van der Waals surface area contributed by atoms with Gasteiger partial charge in [-0.1, -0.05) is 0 Å². The first kappa shape index (κ1) is 28.4. The number of imidazole rings is 1. The molecule has 5 rings (SSSR count). The minimum absolute atomic E-state index is 0.0542. The van der Waals surface area contributed by atoms with Crippen molar-refractivity contribution in [1.82, 2.24) is 39.4 Å². The molecule has 1 amide bonds. The summed E-state index contributed by atoms with van der Waals surface area (Å²) in [5, 5.41) is 15.1. The predicted molar refractivity (Wildman–Crippen MR) is 145 cm³/mol. The Labute approximate surface area is 236 Å². The highest BCUT2D eigenvalue weighted by Crippen LogP contribution is 2.34. The smallest absolute Gasteiger partial charge is 0.282 e. The number of pyridine rings is 1. The van der Waals surface area contributed by atoms with E-state index in [1.165, 1.54) is 45.1 Å². The normalized spacial score (nSPS) is 11.5. The number of ether oxygens (including phenoxy) is 1. The van der Waals surface area contributed by atoms with Gasteiger partial charge in [0.1, 0.15) is 23.6 Å².